The minimum absolute atomic E-state index is 0.0125. The smallest absolute Gasteiger partial charge is 0.314 e. The molecule has 1 aromatic carbocycles. The summed E-state index contributed by atoms with van der Waals surface area (Å²) in [6.07, 6.45) is 1.64. The molecule has 0 bridgehead atoms. The van der Waals surface area contributed by atoms with Gasteiger partial charge in [-0.25, -0.2) is 4.79 Å². The van der Waals surface area contributed by atoms with Crippen LogP contribution in [0.4, 0.5) is 16.2 Å². The Labute approximate surface area is 111 Å². The van der Waals surface area contributed by atoms with Crippen LogP contribution in [0.5, 0.6) is 0 Å². The number of nitrogens with zero attached hydrogens (tertiary/aromatic N) is 1. The van der Waals surface area contributed by atoms with Crippen molar-refractivity contribution in [2.45, 2.75) is 20.8 Å². The number of nitro groups is 1. The number of amides is 2. The van der Waals surface area contributed by atoms with E-state index in [0.717, 1.165) is 5.57 Å². The van der Waals surface area contributed by atoms with Crippen LogP contribution in [0.3, 0.4) is 0 Å². The predicted molar refractivity (Wildman–Crippen MR) is 73.8 cm³/mol. The summed E-state index contributed by atoms with van der Waals surface area (Å²) in [7, 11) is 0. The lowest BCUT2D eigenvalue weighted by Gasteiger charge is -2.07. The van der Waals surface area contributed by atoms with Crippen LogP contribution >= 0.6 is 0 Å². The molecule has 6 nitrogen and oxygen atoms in total. The lowest BCUT2D eigenvalue weighted by molar-refractivity contribution is -0.384. The SMILES string of the molecule is C/C(=C\NC(=O)Nc1ccc([N+](=O)[O-])cc1)C(C)C. The molecule has 102 valence electrons. The van der Waals surface area contributed by atoms with Crippen molar-refractivity contribution < 1.29 is 9.72 Å². The second-order valence-electron chi connectivity index (χ2n) is 4.45. The lowest BCUT2D eigenvalue weighted by Crippen LogP contribution is -2.24. The van der Waals surface area contributed by atoms with E-state index in [1.54, 1.807) is 6.20 Å². The third-order valence-electron chi connectivity index (χ3n) is 2.68. The van der Waals surface area contributed by atoms with Gasteiger partial charge in [0.15, 0.2) is 0 Å². The average Bonchev–Trinajstić information content (AvgIpc) is 2.36. The summed E-state index contributed by atoms with van der Waals surface area (Å²) in [5, 5.41) is 15.7. The Hall–Kier alpha value is -2.37. The molecular weight excluding hydrogens is 246 g/mol. The molecule has 0 aromatic heterocycles. The number of benzene rings is 1. The van der Waals surface area contributed by atoms with Crippen LogP contribution in [0.25, 0.3) is 0 Å². The van der Waals surface area contributed by atoms with Gasteiger partial charge in [-0.3, -0.25) is 10.1 Å². The summed E-state index contributed by atoms with van der Waals surface area (Å²) < 4.78 is 0. The number of allylic oxidation sites excluding steroid dienone is 1. The molecular formula is C13H17N3O3. The fourth-order valence-corrected chi connectivity index (χ4v) is 1.18. The number of anilines is 1. The zero-order valence-electron chi connectivity index (χ0n) is 11.1. The fourth-order valence-electron chi connectivity index (χ4n) is 1.18. The van der Waals surface area contributed by atoms with Crippen LogP contribution in [-0.2, 0) is 0 Å². The number of urea groups is 1. The van der Waals surface area contributed by atoms with Gasteiger partial charge in [0, 0.05) is 24.0 Å². The van der Waals surface area contributed by atoms with Crippen LogP contribution in [0.15, 0.2) is 36.0 Å². The van der Waals surface area contributed by atoms with Crippen LogP contribution in [0.1, 0.15) is 20.8 Å². The van der Waals surface area contributed by atoms with E-state index in [4.69, 9.17) is 0 Å². The Balaban J connectivity index is 2.58. The number of nitrogens with one attached hydrogen (secondary N) is 2. The van der Waals surface area contributed by atoms with Crippen molar-refractivity contribution in [3.63, 3.8) is 0 Å². The van der Waals surface area contributed by atoms with E-state index in [1.165, 1.54) is 24.3 Å². The van der Waals surface area contributed by atoms with Gasteiger partial charge >= 0.3 is 6.03 Å². The summed E-state index contributed by atoms with van der Waals surface area (Å²) in [5.74, 6) is 0.361. The monoisotopic (exact) mass is 263 g/mol. The summed E-state index contributed by atoms with van der Waals surface area (Å²) in [6, 6.07) is 5.26. The lowest BCUT2D eigenvalue weighted by atomic mass is 10.1. The minimum Gasteiger partial charge on any atom is -0.314 e. The van der Waals surface area contributed by atoms with E-state index in [-0.39, 0.29) is 11.7 Å². The third-order valence-corrected chi connectivity index (χ3v) is 2.68. The van der Waals surface area contributed by atoms with Crippen molar-refractivity contribution in [2.75, 3.05) is 5.32 Å². The van der Waals surface area contributed by atoms with Crippen molar-refractivity contribution in [3.8, 4) is 0 Å². The molecule has 1 rings (SSSR count). The maximum absolute atomic E-state index is 11.6. The van der Waals surface area contributed by atoms with Crippen LogP contribution < -0.4 is 10.6 Å². The molecule has 0 saturated carbocycles. The number of carbonyl (C=O) groups excluding carboxylic acids is 1. The first kappa shape index (κ1) is 14.7. The van der Waals surface area contributed by atoms with Gasteiger partial charge in [0.1, 0.15) is 0 Å². The summed E-state index contributed by atoms with van der Waals surface area (Å²) >= 11 is 0. The Morgan fingerprint density at radius 2 is 1.89 bits per heavy atom. The predicted octanol–water partition coefficient (Wildman–Crippen LogP) is 3.28. The molecule has 0 unspecified atom stereocenters. The second kappa shape index (κ2) is 6.53. The van der Waals surface area contributed by atoms with Gasteiger partial charge in [0.25, 0.3) is 5.69 Å². The molecule has 6 heteroatoms. The Morgan fingerprint density at radius 1 is 1.32 bits per heavy atom. The first-order valence-corrected chi connectivity index (χ1v) is 5.88. The highest BCUT2D eigenvalue weighted by Crippen LogP contribution is 2.15. The summed E-state index contributed by atoms with van der Waals surface area (Å²) in [6.45, 7) is 5.99. The molecule has 2 amide bonds. The second-order valence-corrected chi connectivity index (χ2v) is 4.45. The number of carbonyl (C=O) groups is 1. The highest BCUT2D eigenvalue weighted by Gasteiger charge is 2.05. The maximum atomic E-state index is 11.6. The third kappa shape index (κ3) is 4.79. The van der Waals surface area contributed by atoms with E-state index < -0.39 is 4.92 Å². The molecule has 0 heterocycles. The van der Waals surface area contributed by atoms with Gasteiger partial charge in [0.2, 0.25) is 0 Å². The van der Waals surface area contributed by atoms with Gasteiger partial charge in [0.05, 0.1) is 4.92 Å². The standard InChI is InChI=1S/C13H17N3O3/c1-9(2)10(3)8-14-13(17)15-11-4-6-12(7-5-11)16(18)19/h4-9H,1-3H3,(H2,14,15,17)/b10-8+. The molecule has 0 fully saturated rings. The molecule has 2 N–H and O–H groups in total. The molecule has 0 aliphatic carbocycles. The molecule has 0 aliphatic rings. The molecule has 0 atom stereocenters. The molecule has 19 heavy (non-hydrogen) atoms. The van der Waals surface area contributed by atoms with E-state index >= 15 is 0 Å². The topological polar surface area (TPSA) is 84.3 Å². The minimum atomic E-state index is -0.488. The van der Waals surface area contributed by atoms with Crippen molar-refractivity contribution in [3.05, 3.63) is 46.2 Å². The number of non-ortho nitro benzene ring substituents is 1. The van der Waals surface area contributed by atoms with Gasteiger partial charge in [-0.1, -0.05) is 19.4 Å². The quantitative estimate of drug-likeness (QED) is 0.645. The number of hydrogen-bond donors (Lipinski definition) is 2. The summed E-state index contributed by atoms with van der Waals surface area (Å²) in [4.78, 5) is 21.5. The first-order chi connectivity index (χ1) is 8.90. The Kier molecular flexibility index (Phi) is 5.05. The van der Waals surface area contributed by atoms with E-state index in [2.05, 4.69) is 10.6 Å². The number of rotatable bonds is 4. The Bertz CT molecular complexity index is 492. The van der Waals surface area contributed by atoms with Crippen molar-refractivity contribution in [1.29, 1.82) is 0 Å². The highest BCUT2D eigenvalue weighted by molar-refractivity contribution is 5.90. The van der Waals surface area contributed by atoms with Gasteiger partial charge in [-0.15, -0.1) is 0 Å². The summed E-state index contributed by atoms with van der Waals surface area (Å²) in [5.41, 5.74) is 1.54. The van der Waals surface area contributed by atoms with Crippen LogP contribution in [0.2, 0.25) is 0 Å². The average molecular weight is 263 g/mol. The first-order valence-electron chi connectivity index (χ1n) is 5.88. The molecule has 0 radical (unpaired) electrons. The normalized spacial score (nSPS) is 11.3. The Morgan fingerprint density at radius 3 is 2.37 bits per heavy atom. The van der Waals surface area contributed by atoms with Crippen molar-refractivity contribution in [2.24, 2.45) is 5.92 Å². The maximum Gasteiger partial charge on any atom is 0.323 e. The van der Waals surface area contributed by atoms with E-state index in [1.807, 2.05) is 20.8 Å². The van der Waals surface area contributed by atoms with Crippen LogP contribution in [-0.4, -0.2) is 11.0 Å². The zero-order valence-corrected chi connectivity index (χ0v) is 11.1. The molecule has 0 spiro atoms. The highest BCUT2D eigenvalue weighted by atomic mass is 16.6. The zero-order chi connectivity index (χ0) is 14.4. The van der Waals surface area contributed by atoms with Crippen molar-refractivity contribution in [1.82, 2.24) is 5.32 Å². The molecule has 0 aliphatic heterocycles. The molecule has 0 saturated heterocycles. The van der Waals surface area contributed by atoms with E-state index in [9.17, 15) is 14.9 Å². The van der Waals surface area contributed by atoms with Gasteiger partial charge in [-0.2, -0.15) is 0 Å². The van der Waals surface area contributed by atoms with Crippen LogP contribution in [0, 0.1) is 16.0 Å². The van der Waals surface area contributed by atoms with Gasteiger partial charge < -0.3 is 10.6 Å². The number of nitro benzene ring substituents is 1. The van der Waals surface area contributed by atoms with E-state index in [0.29, 0.717) is 11.6 Å². The van der Waals surface area contributed by atoms with Crippen molar-refractivity contribution >= 4 is 17.4 Å². The fraction of sp³-hybridized carbons (Fsp3) is 0.308. The number of hydrogen-bond acceptors (Lipinski definition) is 3. The molecule has 1 aromatic rings. The van der Waals surface area contributed by atoms with Gasteiger partial charge in [-0.05, 0) is 25.0 Å². The largest absolute Gasteiger partial charge is 0.323 e.